The van der Waals surface area contributed by atoms with Crippen molar-refractivity contribution < 1.29 is 41.8 Å². The van der Waals surface area contributed by atoms with Crippen molar-refractivity contribution in [2.75, 3.05) is 30.5 Å². The average molecular weight is 563 g/mol. The van der Waals surface area contributed by atoms with Crippen molar-refractivity contribution in [3.8, 4) is 17.2 Å². The second kappa shape index (κ2) is 11.6. The van der Waals surface area contributed by atoms with E-state index in [4.69, 9.17) is 25.8 Å². The molecule has 0 bridgehead atoms. The summed E-state index contributed by atoms with van der Waals surface area (Å²) in [5.41, 5.74) is -0.726. The van der Waals surface area contributed by atoms with Crippen molar-refractivity contribution in [2.24, 2.45) is 5.92 Å². The van der Waals surface area contributed by atoms with Crippen LogP contribution in [0.15, 0.2) is 66.7 Å². The molecule has 3 aromatic rings. The molecule has 4 rings (SSSR count). The minimum Gasteiger partial charge on any atom is -0.493 e. The maximum Gasteiger partial charge on any atom is 0.416 e. The van der Waals surface area contributed by atoms with Crippen LogP contribution in [0.3, 0.4) is 0 Å². The zero-order valence-electron chi connectivity index (χ0n) is 20.5. The van der Waals surface area contributed by atoms with Gasteiger partial charge in [-0.15, -0.1) is 0 Å². The first-order valence-corrected chi connectivity index (χ1v) is 12.0. The highest BCUT2D eigenvalue weighted by atomic mass is 35.5. The number of hydrogen-bond acceptors (Lipinski definition) is 6. The van der Waals surface area contributed by atoms with Crippen LogP contribution in [-0.2, 0) is 25.3 Å². The monoisotopic (exact) mass is 562 g/mol. The first-order chi connectivity index (χ1) is 18.5. The largest absolute Gasteiger partial charge is 0.493 e. The molecule has 1 heterocycles. The quantitative estimate of drug-likeness (QED) is 0.354. The van der Waals surface area contributed by atoms with Gasteiger partial charge in [-0.2, -0.15) is 13.2 Å². The highest BCUT2D eigenvalue weighted by Gasteiger charge is 2.36. The molecular formula is C27H22ClF3N2O6. The number of nitrogens with one attached hydrogen (secondary N) is 1. The molecule has 204 valence electrons. The van der Waals surface area contributed by atoms with E-state index in [1.54, 1.807) is 42.5 Å². The molecule has 3 aromatic carbocycles. The van der Waals surface area contributed by atoms with Crippen LogP contribution in [0.2, 0.25) is 5.02 Å². The van der Waals surface area contributed by atoms with Crippen molar-refractivity contribution in [1.29, 1.82) is 0 Å². The van der Waals surface area contributed by atoms with Gasteiger partial charge in [0.2, 0.25) is 5.91 Å². The van der Waals surface area contributed by atoms with Crippen LogP contribution in [-0.4, -0.2) is 38.0 Å². The number of para-hydroxylation sites is 2. The fraction of sp³-hybridized carbons (Fsp3) is 0.222. The molecule has 0 spiro atoms. The Bertz CT molecular complexity index is 1380. The molecule has 0 aliphatic carbocycles. The summed E-state index contributed by atoms with van der Waals surface area (Å²) in [5, 5.41) is 2.08. The number of anilines is 2. The van der Waals surface area contributed by atoms with Gasteiger partial charge in [0.05, 0.1) is 29.3 Å². The molecule has 1 aliphatic heterocycles. The van der Waals surface area contributed by atoms with Gasteiger partial charge in [-0.1, -0.05) is 23.7 Å². The predicted molar refractivity (Wildman–Crippen MR) is 136 cm³/mol. The smallest absolute Gasteiger partial charge is 0.416 e. The van der Waals surface area contributed by atoms with Gasteiger partial charge in [0.1, 0.15) is 5.75 Å². The number of nitrogens with zero attached hydrogens (tertiary/aromatic N) is 1. The lowest BCUT2D eigenvalue weighted by Crippen LogP contribution is -2.28. The van der Waals surface area contributed by atoms with Gasteiger partial charge in [-0.05, 0) is 54.6 Å². The second-order valence-corrected chi connectivity index (χ2v) is 8.91. The van der Waals surface area contributed by atoms with Gasteiger partial charge in [0.15, 0.2) is 18.1 Å². The first-order valence-electron chi connectivity index (χ1n) is 11.6. The lowest BCUT2D eigenvalue weighted by molar-refractivity contribution is -0.151. The van der Waals surface area contributed by atoms with Crippen molar-refractivity contribution in [1.82, 2.24) is 0 Å². The average Bonchev–Trinajstić information content (AvgIpc) is 3.30. The van der Waals surface area contributed by atoms with Gasteiger partial charge >= 0.3 is 12.1 Å². The van der Waals surface area contributed by atoms with E-state index in [1.807, 2.05) is 6.07 Å². The molecule has 12 heteroatoms. The molecule has 1 atom stereocenters. The van der Waals surface area contributed by atoms with Crippen LogP contribution in [0.1, 0.15) is 12.0 Å². The Morgan fingerprint density at radius 2 is 1.74 bits per heavy atom. The highest BCUT2D eigenvalue weighted by molar-refractivity contribution is 6.33. The molecule has 2 amide bonds. The van der Waals surface area contributed by atoms with E-state index >= 15 is 0 Å². The van der Waals surface area contributed by atoms with E-state index in [0.717, 1.165) is 12.1 Å². The number of amides is 2. The molecule has 0 unspecified atom stereocenters. The molecule has 1 saturated heterocycles. The Balaban J connectivity index is 1.31. The van der Waals surface area contributed by atoms with Crippen molar-refractivity contribution in [3.63, 3.8) is 0 Å². The van der Waals surface area contributed by atoms with Gasteiger partial charge in [0.25, 0.3) is 5.91 Å². The van der Waals surface area contributed by atoms with Crippen molar-refractivity contribution in [2.45, 2.75) is 12.6 Å². The number of benzene rings is 3. The van der Waals surface area contributed by atoms with Crippen molar-refractivity contribution in [3.05, 3.63) is 77.3 Å². The number of hydrogen-bond donors (Lipinski definition) is 1. The zero-order chi connectivity index (χ0) is 28.2. The summed E-state index contributed by atoms with van der Waals surface area (Å²) >= 11 is 5.86. The van der Waals surface area contributed by atoms with Crippen molar-refractivity contribution >= 4 is 40.8 Å². The molecule has 0 saturated carbocycles. The van der Waals surface area contributed by atoms with Gasteiger partial charge in [-0.25, -0.2) is 0 Å². The number of ether oxygens (including phenoxy) is 3. The molecule has 0 aromatic heterocycles. The number of rotatable bonds is 8. The van der Waals surface area contributed by atoms with Crippen LogP contribution < -0.4 is 19.7 Å². The number of methoxy groups -OCH3 is 1. The Morgan fingerprint density at radius 1 is 1.05 bits per heavy atom. The van der Waals surface area contributed by atoms with E-state index in [0.29, 0.717) is 29.0 Å². The predicted octanol–water partition coefficient (Wildman–Crippen LogP) is 5.69. The van der Waals surface area contributed by atoms with Crippen LogP contribution in [0.25, 0.3) is 0 Å². The molecule has 8 nitrogen and oxygen atoms in total. The summed E-state index contributed by atoms with van der Waals surface area (Å²) in [7, 11) is 1.53. The van der Waals surface area contributed by atoms with E-state index in [1.165, 1.54) is 12.0 Å². The summed E-state index contributed by atoms with van der Waals surface area (Å²) in [4.78, 5) is 38.7. The van der Waals surface area contributed by atoms with Crippen LogP contribution >= 0.6 is 11.6 Å². The fourth-order valence-electron chi connectivity index (χ4n) is 3.88. The van der Waals surface area contributed by atoms with Gasteiger partial charge in [-0.3, -0.25) is 14.4 Å². The number of esters is 1. The number of halogens is 4. The molecule has 0 radical (unpaired) electrons. The van der Waals surface area contributed by atoms with E-state index < -0.39 is 36.1 Å². The Morgan fingerprint density at radius 3 is 2.41 bits per heavy atom. The summed E-state index contributed by atoms with van der Waals surface area (Å²) in [6, 6.07) is 16.3. The van der Waals surface area contributed by atoms with Gasteiger partial charge in [0, 0.05) is 18.7 Å². The summed E-state index contributed by atoms with van der Waals surface area (Å²) in [6.07, 6.45) is -4.75. The second-order valence-electron chi connectivity index (χ2n) is 8.50. The third-order valence-corrected chi connectivity index (χ3v) is 6.15. The lowest BCUT2D eigenvalue weighted by Gasteiger charge is -2.17. The Kier molecular flexibility index (Phi) is 8.29. The number of carbonyl (C=O) groups is 3. The number of alkyl halides is 3. The minimum absolute atomic E-state index is 0.0332. The third-order valence-electron chi connectivity index (χ3n) is 5.82. The first kappa shape index (κ1) is 27.8. The van der Waals surface area contributed by atoms with Crippen LogP contribution in [0, 0.1) is 5.92 Å². The molecule has 39 heavy (non-hydrogen) atoms. The lowest BCUT2D eigenvalue weighted by atomic mass is 10.1. The molecular weight excluding hydrogens is 541 g/mol. The fourth-order valence-corrected chi connectivity index (χ4v) is 4.04. The molecule has 1 aliphatic rings. The standard InChI is InChI=1S/C27H22ClF3N2O6/c1-37-22-4-2-3-5-23(22)39-19-9-7-18(8-10-19)33-14-16(12-25(33)35)26(36)38-15-24(34)32-21-13-17(27(29,30)31)6-11-20(21)28/h2-11,13,16H,12,14-15H2,1H3,(H,32,34)/t16-/m0/s1. The van der Waals surface area contributed by atoms with Crippen LogP contribution in [0.5, 0.6) is 17.2 Å². The van der Waals surface area contributed by atoms with E-state index in [9.17, 15) is 27.6 Å². The van der Waals surface area contributed by atoms with E-state index in [-0.39, 0.29) is 29.6 Å². The topological polar surface area (TPSA) is 94.2 Å². The third kappa shape index (κ3) is 6.80. The summed E-state index contributed by atoms with van der Waals surface area (Å²) < 4.78 is 54.9. The maximum atomic E-state index is 12.9. The molecule has 1 N–H and O–H groups in total. The zero-order valence-corrected chi connectivity index (χ0v) is 21.2. The Hall–Kier alpha value is -4.25. The Labute approximate surface area is 226 Å². The maximum absolute atomic E-state index is 12.9. The molecule has 1 fully saturated rings. The summed E-state index contributed by atoms with van der Waals surface area (Å²) in [6.45, 7) is -0.726. The SMILES string of the molecule is COc1ccccc1Oc1ccc(N2C[C@@H](C(=O)OCC(=O)Nc3cc(C(F)(F)F)ccc3Cl)CC2=O)cc1. The normalized spacial score (nSPS) is 15.2. The summed E-state index contributed by atoms with van der Waals surface area (Å²) in [5.74, 6) is -1.21. The highest BCUT2D eigenvalue weighted by Crippen LogP contribution is 2.35. The minimum atomic E-state index is -4.62. The van der Waals surface area contributed by atoms with Crippen LogP contribution in [0.4, 0.5) is 24.5 Å². The number of carbonyl (C=O) groups excluding carboxylic acids is 3. The van der Waals surface area contributed by atoms with Gasteiger partial charge < -0.3 is 24.4 Å². The van der Waals surface area contributed by atoms with E-state index in [2.05, 4.69) is 5.32 Å².